The van der Waals surface area contributed by atoms with E-state index in [1.807, 2.05) is 31.2 Å². The third-order valence-electron chi connectivity index (χ3n) is 3.92. The highest BCUT2D eigenvalue weighted by atomic mass is 16.5. The number of rotatable bonds is 5. The average Bonchev–Trinajstić information content (AvgIpc) is 2.87. The van der Waals surface area contributed by atoms with Gasteiger partial charge in [0.25, 0.3) is 0 Å². The molecule has 2 unspecified atom stereocenters. The second kappa shape index (κ2) is 6.03. The second-order valence-electron chi connectivity index (χ2n) is 5.11. The highest BCUT2D eigenvalue weighted by molar-refractivity contribution is 5.98. The van der Waals surface area contributed by atoms with Crippen molar-refractivity contribution in [1.82, 2.24) is 0 Å². The summed E-state index contributed by atoms with van der Waals surface area (Å²) >= 11 is 0. The quantitative estimate of drug-likeness (QED) is 0.731. The van der Waals surface area contributed by atoms with Crippen LogP contribution in [0.1, 0.15) is 49.9 Å². The molecule has 2 atom stereocenters. The van der Waals surface area contributed by atoms with Crippen LogP contribution in [0.4, 0.5) is 0 Å². The molecule has 98 valence electrons. The van der Waals surface area contributed by atoms with Crippen molar-refractivity contribution in [2.45, 2.75) is 39.5 Å². The average molecular weight is 246 g/mol. The van der Waals surface area contributed by atoms with Gasteiger partial charge in [-0.05, 0) is 44.2 Å². The van der Waals surface area contributed by atoms with Crippen LogP contribution < -0.4 is 4.74 Å². The number of benzene rings is 1. The Labute approximate surface area is 109 Å². The Morgan fingerprint density at radius 2 is 2.17 bits per heavy atom. The van der Waals surface area contributed by atoms with E-state index in [0.717, 1.165) is 30.1 Å². The second-order valence-corrected chi connectivity index (χ2v) is 5.11. The molecule has 1 saturated carbocycles. The Morgan fingerprint density at radius 3 is 2.83 bits per heavy atom. The molecule has 1 aliphatic carbocycles. The van der Waals surface area contributed by atoms with E-state index >= 15 is 0 Å². The smallest absolute Gasteiger partial charge is 0.166 e. The third kappa shape index (κ3) is 2.92. The van der Waals surface area contributed by atoms with Gasteiger partial charge in [-0.2, -0.15) is 0 Å². The van der Waals surface area contributed by atoms with E-state index in [9.17, 15) is 4.79 Å². The van der Waals surface area contributed by atoms with Gasteiger partial charge in [0.15, 0.2) is 5.78 Å². The first-order valence-electron chi connectivity index (χ1n) is 7.01. The topological polar surface area (TPSA) is 26.3 Å². The molecule has 0 radical (unpaired) electrons. The van der Waals surface area contributed by atoms with Crippen LogP contribution in [-0.4, -0.2) is 12.4 Å². The highest BCUT2D eigenvalue weighted by Crippen LogP contribution is 2.35. The first kappa shape index (κ1) is 13.1. The predicted molar refractivity (Wildman–Crippen MR) is 73.1 cm³/mol. The normalized spacial score (nSPS) is 23.0. The van der Waals surface area contributed by atoms with Crippen LogP contribution in [0.25, 0.3) is 0 Å². The van der Waals surface area contributed by atoms with E-state index in [1.165, 1.54) is 12.8 Å². The number of Topliss-reactive ketones (excluding diaryl/α,β-unsaturated/α-hetero) is 1. The summed E-state index contributed by atoms with van der Waals surface area (Å²) in [4.78, 5) is 12.4. The van der Waals surface area contributed by atoms with Crippen molar-refractivity contribution in [2.75, 3.05) is 6.61 Å². The van der Waals surface area contributed by atoms with Gasteiger partial charge < -0.3 is 4.74 Å². The van der Waals surface area contributed by atoms with Gasteiger partial charge in [-0.25, -0.2) is 0 Å². The van der Waals surface area contributed by atoms with E-state index in [-0.39, 0.29) is 5.92 Å². The Morgan fingerprint density at radius 1 is 1.33 bits per heavy atom. The van der Waals surface area contributed by atoms with Gasteiger partial charge in [-0.3, -0.25) is 4.79 Å². The number of hydrogen-bond acceptors (Lipinski definition) is 2. The van der Waals surface area contributed by atoms with Gasteiger partial charge in [0, 0.05) is 11.5 Å². The predicted octanol–water partition coefficient (Wildman–Crippen LogP) is 4.09. The summed E-state index contributed by atoms with van der Waals surface area (Å²) in [6.45, 7) is 4.81. The summed E-state index contributed by atoms with van der Waals surface area (Å²) in [6.07, 6.45) is 4.52. The van der Waals surface area contributed by atoms with Crippen molar-refractivity contribution in [3.63, 3.8) is 0 Å². The van der Waals surface area contributed by atoms with Crippen molar-refractivity contribution < 1.29 is 9.53 Å². The molecular weight excluding hydrogens is 224 g/mol. The minimum atomic E-state index is 0.229. The number of ether oxygens (including phenoxy) is 1. The number of carbonyl (C=O) groups excluding carboxylic acids is 1. The lowest BCUT2D eigenvalue weighted by Gasteiger charge is -2.10. The molecule has 0 aliphatic heterocycles. The van der Waals surface area contributed by atoms with Crippen molar-refractivity contribution in [2.24, 2.45) is 11.8 Å². The number of ketones is 1. The van der Waals surface area contributed by atoms with Gasteiger partial charge in [0.2, 0.25) is 0 Å². The van der Waals surface area contributed by atoms with Crippen LogP contribution in [-0.2, 0) is 0 Å². The summed E-state index contributed by atoms with van der Waals surface area (Å²) in [5, 5.41) is 0. The van der Waals surface area contributed by atoms with Crippen LogP contribution in [0.5, 0.6) is 5.75 Å². The van der Waals surface area contributed by atoms with Crippen LogP contribution in [0.3, 0.4) is 0 Å². The maximum Gasteiger partial charge on any atom is 0.166 e. The maximum absolute atomic E-state index is 12.4. The number of carbonyl (C=O) groups is 1. The van der Waals surface area contributed by atoms with Crippen molar-refractivity contribution >= 4 is 5.78 Å². The maximum atomic E-state index is 12.4. The minimum Gasteiger partial charge on any atom is -0.494 e. The largest absolute Gasteiger partial charge is 0.494 e. The van der Waals surface area contributed by atoms with Crippen LogP contribution in [0.2, 0.25) is 0 Å². The molecule has 1 aromatic rings. The first-order valence-corrected chi connectivity index (χ1v) is 7.01. The summed E-state index contributed by atoms with van der Waals surface area (Å²) in [6, 6.07) is 7.60. The standard InChI is InChI=1S/C16H22O2/c1-3-12-8-9-14(10-12)16(17)13-6-5-7-15(11-13)18-4-2/h5-7,11-12,14H,3-4,8-10H2,1-2H3. The van der Waals surface area contributed by atoms with Gasteiger partial charge >= 0.3 is 0 Å². The molecule has 0 aromatic heterocycles. The molecule has 0 amide bonds. The molecule has 1 fully saturated rings. The summed E-state index contributed by atoms with van der Waals surface area (Å²) in [5.41, 5.74) is 0.808. The fourth-order valence-electron chi connectivity index (χ4n) is 2.83. The van der Waals surface area contributed by atoms with E-state index in [2.05, 4.69) is 6.92 Å². The van der Waals surface area contributed by atoms with E-state index in [4.69, 9.17) is 4.74 Å². The summed E-state index contributed by atoms with van der Waals surface area (Å²) in [5.74, 6) is 2.07. The first-order chi connectivity index (χ1) is 8.74. The molecule has 0 bridgehead atoms. The SMILES string of the molecule is CCOc1cccc(C(=O)C2CCC(CC)C2)c1. The van der Waals surface area contributed by atoms with Gasteiger partial charge in [0.1, 0.15) is 5.75 Å². The van der Waals surface area contributed by atoms with E-state index < -0.39 is 0 Å². The van der Waals surface area contributed by atoms with Gasteiger partial charge in [-0.15, -0.1) is 0 Å². The van der Waals surface area contributed by atoms with Gasteiger partial charge in [-0.1, -0.05) is 25.5 Å². The monoisotopic (exact) mass is 246 g/mol. The lowest BCUT2D eigenvalue weighted by molar-refractivity contribution is 0.0919. The van der Waals surface area contributed by atoms with Crippen LogP contribution in [0, 0.1) is 11.8 Å². The van der Waals surface area contributed by atoms with Crippen molar-refractivity contribution in [1.29, 1.82) is 0 Å². The zero-order valence-electron chi connectivity index (χ0n) is 11.3. The molecule has 0 heterocycles. The Hall–Kier alpha value is -1.31. The molecule has 0 N–H and O–H groups in total. The molecule has 18 heavy (non-hydrogen) atoms. The summed E-state index contributed by atoms with van der Waals surface area (Å²) < 4.78 is 5.45. The Balaban J connectivity index is 2.07. The van der Waals surface area contributed by atoms with Crippen LogP contribution >= 0.6 is 0 Å². The minimum absolute atomic E-state index is 0.229. The fraction of sp³-hybridized carbons (Fsp3) is 0.562. The molecule has 2 heteroatoms. The molecular formula is C16H22O2. The van der Waals surface area contributed by atoms with Gasteiger partial charge in [0.05, 0.1) is 6.61 Å². The van der Waals surface area contributed by atoms with Crippen LogP contribution in [0.15, 0.2) is 24.3 Å². The van der Waals surface area contributed by atoms with E-state index in [1.54, 1.807) is 0 Å². The highest BCUT2D eigenvalue weighted by Gasteiger charge is 2.29. The molecule has 2 rings (SSSR count). The molecule has 0 saturated heterocycles. The fourth-order valence-corrected chi connectivity index (χ4v) is 2.83. The molecule has 1 aliphatic rings. The summed E-state index contributed by atoms with van der Waals surface area (Å²) in [7, 11) is 0. The van der Waals surface area contributed by atoms with E-state index in [0.29, 0.717) is 12.4 Å². The lowest BCUT2D eigenvalue weighted by atomic mass is 9.94. The molecule has 1 aromatic carbocycles. The van der Waals surface area contributed by atoms with Crippen molar-refractivity contribution in [3.05, 3.63) is 29.8 Å². The molecule has 2 nitrogen and oxygen atoms in total. The third-order valence-corrected chi connectivity index (χ3v) is 3.92. The zero-order valence-corrected chi connectivity index (χ0v) is 11.3. The Kier molecular flexibility index (Phi) is 4.40. The zero-order chi connectivity index (χ0) is 13.0. The lowest BCUT2D eigenvalue weighted by Crippen LogP contribution is -2.12. The Bertz CT molecular complexity index is 411. The van der Waals surface area contributed by atoms with Crippen molar-refractivity contribution in [3.8, 4) is 5.75 Å². The number of hydrogen-bond donors (Lipinski definition) is 0. The molecule has 0 spiro atoms.